The maximum atomic E-state index is 7.26. The van der Waals surface area contributed by atoms with E-state index in [9.17, 15) is 0 Å². The van der Waals surface area contributed by atoms with Crippen LogP contribution in [-0.2, 0) is 0 Å². The van der Waals surface area contributed by atoms with Crippen LogP contribution in [0.5, 0.6) is 0 Å². The fourth-order valence-corrected chi connectivity index (χ4v) is 0.985. The minimum atomic E-state index is 0.237. The van der Waals surface area contributed by atoms with E-state index in [4.69, 9.17) is 12.5 Å². The summed E-state index contributed by atoms with van der Waals surface area (Å²) in [7, 11) is 0. The van der Waals surface area contributed by atoms with Gasteiger partial charge in [-0.15, -0.1) is 11.3 Å². The Morgan fingerprint density at radius 3 is 3.30 bits per heavy atom. The maximum absolute atomic E-state index is 7.26. The van der Waals surface area contributed by atoms with E-state index in [0.29, 0.717) is 10.8 Å². The summed E-state index contributed by atoms with van der Waals surface area (Å²) >= 11 is 1.09. The number of hydrogen-bond acceptors (Lipinski definition) is 4. The minimum absolute atomic E-state index is 0.237. The third-order valence-corrected chi connectivity index (χ3v) is 1.48. The van der Waals surface area contributed by atoms with Crippen molar-refractivity contribution in [3.05, 3.63) is 11.1 Å². The zero-order chi connectivity index (χ0) is 8.27. The number of nitrogens with zero attached hydrogens (tertiary/aromatic N) is 2. The molecule has 1 rings (SSSR count). The topological polar surface area (TPSA) is 75.1 Å². The number of thiazole rings is 1. The summed E-state index contributed by atoms with van der Waals surface area (Å²) in [5.41, 5.74) is 5.35. The molecule has 0 aromatic carbocycles. The number of aromatic nitrogens is 1. The molecule has 0 aliphatic carbocycles. The van der Waals surface area contributed by atoms with Crippen molar-refractivity contribution in [1.29, 1.82) is 5.41 Å². The van der Waals surface area contributed by atoms with Crippen LogP contribution in [0, 0.1) is 5.41 Å². The van der Waals surface area contributed by atoms with E-state index in [1.54, 1.807) is 0 Å². The molecule has 1 heterocycles. The van der Waals surface area contributed by atoms with Gasteiger partial charge >= 0.3 is 0 Å². The average molecular weight is 155 g/mol. The van der Waals surface area contributed by atoms with Crippen LogP contribution in [0.2, 0.25) is 0 Å². The quantitative estimate of drug-likeness (QED) is 0.488. The van der Waals surface area contributed by atoms with Gasteiger partial charge in [-0.25, -0.2) is 9.98 Å². The first-order valence-corrected chi connectivity index (χ1v) is 3.31. The molecule has 0 atom stereocenters. The Morgan fingerprint density at radius 1 is 2.00 bits per heavy atom. The molecule has 5 heteroatoms. The molecule has 1 aromatic heterocycles. The number of nitrogens with one attached hydrogen (secondary N) is 1. The molecular weight excluding hydrogens is 148 g/mol. The highest BCUT2D eigenvalue weighted by molar-refractivity contribution is 7.13. The summed E-state index contributed by atoms with van der Waals surface area (Å²) in [6.45, 7) is 0. The normalized spacial score (nSPS) is 11.8. The van der Waals surface area contributed by atoms with Crippen molar-refractivity contribution in [3.8, 4) is 0 Å². The lowest BCUT2D eigenvalue weighted by Gasteiger charge is -1.77. The molecule has 0 unspecified atom stereocenters. The smallest absolute Gasteiger partial charge is 0.211 e. The standard InChI is InChI=1S/C5H6N4S/c6-1-4-2-10-5(9-4)8-3-7/h1-3,6H,(H2,7,8,9)/i2D. The molecular formula is C5H6N4S. The molecule has 52 valence electrons. The molecule has 4 nitrogen and oxygen atoms in total. The van der Waals surface area contributed by atoms with Gasteiger partial charge in [0.15, 0.2) is 0 Å². The molecule has 3 N–H and O–H groups in total. The van der Waals surface area contributed by atoms with E-state index >= 15 is 0 Å². The highest BCUT2D eigenvalue weighted by Gasteiger charge is 1.94. The van der Waals surface area contributed by atoms with E-state index in [-0.39, 0.29) is 5.36 Å². The van der Waals surface area contributed by atoms with Gasteiger partial charge in [0.25, 0.3) is 0 Å². The van der Waals surface area contributed by atoms with Crippen LogP contribution in [0.25, 0.3) is 0 Å². The summed E-state index contributed by atoms with van der Waals surface area (Å²) < 4.78 is 7.26. The first-order valence-electron chi connectivity index (χ1n) is 3.00. The first-order chi connectivity index (χ1) is 5.27. The fourth-order valence-electron chi connectivity index (χ4n) is 0.427. The number of rotatable bonds is 2. The fraction of sp³-hybridized carbons (Fsp3) is 0. The Morgan fingerprint density at radius 2 is 2.80 bits per heavy atom. The second-order valence-electron chi connectivity index (χ2n) is 1.41. The van der Waals surface area contributed by atoms with Gasteiger partial charge in [0.1, 0.15) is 0 Å². The van der Waals surface area contributed by atoms with Crippen LogP contribution >= 0.6 is 11.3 Å². The Hall–Kier alpha value is -1.23. The zero-order valence-electron chi connectivity index (χ0n) is 6.03. The monoisotopic (exact) mass is 155 g/mol. The Kier molecular flexibility index (Phi) is 1.70. The lowest BCUT2D eigenvalue weighted by molar-refractivity contribution is 1.33. The molecule has 0 saturated carbocycles. The van der Waals surface area contributed by atoms with E-state index in [1.807, 2.05) is 0 Å². The van der Waals surface area contributed by atoms with Gasteiger partial charge in [-0.1, -0.05) is 0 Å². The predicted octanol–water partition coefficient (Wildman–Crippen LogP) is 0.759. The lowest BCUT2D eigenvalue weighted by atomic mass is 10.6. The van der Waals surface area contributed by atoms with E-state index in [2.05, 4.69) is 9.98 Å². The SMILES string of the molecule is [2H]c1sc(/N=C/N)nc1C=N. The highest BCUT2D eigenvalue weighted by Crippen LogP contribution is 2.16. The second-order valence-corrected chi connectivity index (χ2v) is 2.18. The summed E-state index contributed by atoms with van der Waals surface area (Å²) in [5.74, 6) is 0. The van der Waals surface area contributed by atoms with Crippen LogP contribution in [0.3, 0.4) is 0 Å². The van der Waals surface area contributed by atoms with Gasteiger partial charge in [-0.2, -0.15) is 0 Å². The number of hydrogen-bond donors (Lipinski definition) is 2. The third kappa shape index (κ3) is 1.38. The van der Waals surface area contributed by atoms with Crippen molar-refractivity contribution >= 4 is 29.0 Å². The van der Waals surface area contributed by atoms with E-state index in [0.717, 1.165) is 23.9 Å². The zero-order valence-corrected chi connectivity index (χ0v) is 5.85. The van der Waals surface area contributed by atoms with E-state index in [1.165, 1.54) is 0 Å². The molecule has 10 heavy (non-hydrogen) atoms. The Bertz CT molecular complexity index is 293. The van der Waals surface area contributed by atoms with Crippen LogP contribution in [0.15, 0.2) is 10.3 Å². The second kappa shape index (κ2) is 3.07. The lowest BCUT2D eigenvalue weighted by Crippen LogP contribution is -1.86. The van der Waals surface area contributed by atoms with Crippen molar-refractivity contribution < 1.29 is 1.37 Å². The largest absolute Gasteiger partial charge is 0.390 e. The number of nitrogens with two attached hydrogens (primary N) is 1. The molecule has 0 saturated heterocycles. The van der Waals surface area contributed by atoms with Crippen molar-refractivity contribution in [3.63, 3.8) is 0 Å². The van der Waals surface area contributed by atoms with Gasteiger partial charge in [0.05, 0.1) is 13.4 Å². The van der Waals surface area contributed by atoms with Crippen molar-refractivity contribution in [2.24, 2.45) is 10.7 Å². The van der Waals surface area contributed by atoms with Crippen LogP contribution in [-0.4, -0.2) is 17.5 Å². The van der Waals surface area contributed by atoms with Gasteiger partial charge in [0, 0.05) is 11.6 Å². The van der Waals surface area contributed by atoms with Crippen molar-refractivity contribution in [1.82, 2.24) is 4.98 Å². The Labute approximate surface area is 63.3 Å². The third-order valence-electron chi connectivity index (χ3n) is 0.785. The molecule has 0 aliphatic rings. The first kappa shape index (κ1) is 5.55. The predicted molar refractivity (Wildman–Crippen MR) is 42.3 cm³/mol. The summed E-state index contributed by atoms with van der Waals surface area (Å²) in [4.78, 5) is 7.50. The molecule has 0 bridgehead atoms. The molecule has 0 spiro atoms. The number of aliphatic imine (C=N–C) groups is 1. The van der Waals surface area contributed by atoms with Crippen molar-refractivity contribution in [2.75, 3.05) is 0 Å². The summed E-state index contributed by atoms with van der Waals surface area (Å²) in [5, 5.41) is 7.50. The average Bonchev–Trinajstić information content (AvgIpc) is 2.32. The van der Waals surface area contributed by atoms with Crippen molar-refractivity contribution in [2.45, 2.75) is 0 Å². The van der Waals surface area contributed by atoms with Crippen LogP contribution < -0.4 is 5.73 Å². The summed E-state index contributed by atoms with van der Waals surface area (Å²) in [6, 6.07) is 0. The van der Waals surface area contributed by atoms with E-state index < -0.39 is 0 Å². The maximum Gasteiger partial charge on any atom is 0.211 e. The minimum Gasteiger partial charge on any atom is -0.390 e. The molecule has 0 amide bonds. The van der Waals surface area contributed by atoms with Gasteiger partial charge in [0.2, 0.25) is 5.13 Å². The van der Waals surface area contributed by atoms with Crippen LogP contribution in [0.1, 0.15) is 7.06 Å². The molecule has 0 fully saturated rings. The molecule has 0 radical (unpaired) electrons. The van der Waals surface area contributed by atoms with Gasteiger partial charge in [-0.05, 0) is 0 Å². The molecule has 0 aliphatic heterocycles. The van der Waals surface area contributed by atoms with Gasteiger partial charge in [-0.3, -0.25) is 0 Å². The molecule has 1 aromatic rings. The Balaban J connectivity index is 3.04. The summed E-state index contributed by atoms with van der Waals surface area (Å²) in [6.07, 6.45) is 2.14. The van der Waals surface area contributed by atoms with Crippen LogP contribution in [0.4, 0.5) is 5.13 Å². The highest BCUT2D eigenvalue weighted by atomic mass is 32.1. The van der Waals surface area contributed by atoms with Gasteiger partial charge < -0.3 is 11.1 Å².